The molecule has 5 nitrogen and oxygen atoms in total. The fourth-order valence-corrected chi connectivity index (χ4v) is 2.01. The summed E-state index contributed by atoms with van der Waals surface area (Å²) in [5.41, 5.74) is 6.34. The quantitative estimate of drug-likeness (QED) is 0.363. The molecule has 1 aromatic carbocycles. The summed E-state index contributed by atoms with van der Waals surface area (Å²) in [6.07, 6.45) is 0.247. The summed E-state index contributed by atoms with van der Waals surface area (Å²) in [5, 5.41) is 11.5. The Hall–Kier alpha value is -2.11. The minimum absolute atomic E-state index is 0.0454. The van der Waals surface area contributed by atoms with Crippen molar-refractivity contribution in [3.05, 3.63) is 35.6 Å². The monoisotopic (exact) mass is 251 g/mol. The number of amidine groups is 1. The molecule has 2 rings (SSSR count). The van der Waals surface area contributed by atoms with Crippen molar-refractivity contribution in [1.29, 1.82) is 0 Å². The lowest BCUT2D eigenvalue weighted by atomic mass is 10.1. The third-order valence-electron chi connectivity index (χ3n) is 3.03. The Morgan fingerprint density at radius 2 is 2.17 bits per heavy atom. The lowest BCUT2D eigenvalue weighted by Crippen LogP contribution is -2.28. The van der Waals surface area contributed by atoms with E-state index in [1.807, 2.05) is 0 Å². The van der Waals surface area contributed by atoms with Gasteiger partial charge in [0.15, 0.2) is 0 Å². The minimum Gasteiger partial charge on any atom is -0.409 e. The number of hydrogen-bond acceptors (Lipinski definition) is 3. The fraction of sp³-hybridized carbons (Fsp3) is 0.333. The SMILES string of the molecule is N/C(=N\O)C1CC(=O)N(Cc2ccc(F)cc2)C1. The molecule has 0 radical (unpaired) electrons. The van der Waals surface area contributed by atoms with Gasteiger partial charge in [-0.2, -0.15) is 0 Å². The number of likely N-dealkylation sites (tertiary alicyclic amines) is 1. The van der Waals surface area contributed by atoms with Crippen LogP contribution in [0.25, 0.3) is 0 Å². The molecule has 3 N–H and O–H groups in total. The molecule has 1 aliphatic heterocycles. The first kappa shape index (κ1) is 12.3. The van der Waals surface area contributed by atoms with Crippen LogP contribution in [-0.2, 0) is 11.3 Å². The molecule has 1 unspecified atom stereocenters. The van der Waals surface area contributed by atoms with Crippen LogP contribution in [0.2, 0.25) is 0 Å². The Balaban J connectivity index is 2.02. The standard InChI is InChI=1S/C12H14FN3O2/c13-10-3-1-8(2-4-10)6-16-7-9(5-11(16)17)12(14)15-18/h1-4,9,18H,5-7H2,(H2,14,15). The molecule has 0 saturated carbocycles. The lowest BCUT2D eigenvalue weighted by Gasteiger charge is -2.16. The molecular weight excluding hydrogens is 237 g/mol. The van der Waals surface area contributed by atoms with E-state index in [1.54, 1.807) is 17.0 Å². The Kier molecular flexibility index (Phi) is 3.45. The first-order valence-electron chi connectivity index (χ1n) is 5.60. The summed E-state index contributed by atoms with van der Waals surface area (Å²) in [6, 6.07) is 5.99. The van der Waals surface area contributed by atoms with E-state index in [1.165, 1.54) is 12.1 Å². The normalized spacial score (nSPS) is 20.5. The second kappa shape index (κ2) is 5.03. The Morgan fingerprint density at radius 3 is 2.78 bits per heavy atom. The van der Waals surface area contributed by atoms with Gasteiger partial charge in [0, 0.05) is 25.4 Å². The maximum atomic E-state index is 12.8. The van der Waals surface area contributed by atoms with Gasteiger partial charge in [0.2, 0.25) is 5.91 Å². The van der Waals surface area contributed by atoms with Crippen molar-refractivity contribution < 1.29 is 14.4 Å². The average molecular weight is 251 g/mol. The van der Waals surface area contributed by atoms with Gasteiger partial charge in [-0.15, -0.1) is 0 Å². The topological polar surface area (TPSA) is 78.9 Å². The zero-order valence-corrected chi connectivity index (χ0v) is 9.71. The van der Waals surface area contributed by atoms with Crippen LogP contribution in [0.1, 0.15) is 12.0 Å². The fourth-order valence-electron chi connectivity index (χ4n) is 2.01. The van der Waals surface area contributed by atoms with Gasteiger partial charge in [-0.25, -0.2) is 4.39 Å². The highest BCUT2D eigenvalue weighted by molar-refractivity contribution is 5.91. The maximum Gasteiger partial charge on any atom is 0.223 e. The molecule has 1 fully saturated rings. The third kappa shape index (κ3) is 2.58. The summed E-state index contributed by atoms with van der Waals surface area (Å²) in [6.45, 7) is 0.834. The van der Waals surface area contributed by atoms with Crippen LogP contribution < -0.4 is 5.73 Å². The van der Waals surface area contributed by atoms with E-state index in [9.17, 15) is 9.18 Å². The predicted octanol–water partition coefficient (Wildman–Crippen LogP) is 0.921. The van der Waals surface area contributed by atoms with Gasteiger partial charge in [-0.1, -0.05) is 17.3 Å². The molecule has 0 spiro atoms. The van der Waals surface area contributed by atoms with E-state index in [0.29, 0.717) is 13.1 Å². The molecule has 1 aromatic rings. The number of carbonyl (C=O) groups excluding carboxylic acids is 1. The van der Waals surface area contributed by atoms with Gasteiger partial charge >= 0.3 is 0 Å². The number of nitrogens with zero attached hydrogens (tertiary/aromatic N) is 2. The van der Waals surface area contributed by atoms with Crippen molar-refractivity contribution in [2.24, 2.45) is 16.8 Å². The molecule has 1 aliphatic rings. The summed E-state index contributed by atoms with van der Waals surface area (Å²) < 4.78 is 12.8. The van der Waals surface area contributed by atoms with Gasteiger partial charge in [0.1, 0.15) is 11.7 Å². The van der Waals surface area contributed by atoms with Crippen molar-refractivity contribution in [3.63, 3.8) is 0 Å². The molecular formula is C12H14FN3O2. The highest BCUT2D eigenvalue weighted by Gasteiger charge is 2.32. The van der Waals surface area contributed by atoms with Gasteiger partial charge in [0.25, 0.3) is 0 Å². The van der Waals surface area contributed by atoms with Crippen molar-refractivity contribution in [3.8, 4) is 0 Å². The summed E-state index contributed by atoms with van der Waals surface area (Å²) in [4.78, 5) is 13.4. The van der Waals surface area contributed by atoms with Gasteiger partial charge in [0.05, 0.1) is 0 Å². The molecule has 1 amide bonds. The Bertz CT molecular complexity index is 473. The molecule has 0 aliphatic carbocycles. The number of benzene rings is 1. The van der Waals surface area contributed by atoms with Crippen molar-refractivity contribution in [1.82, 2.24) is 4.90 Å². The van der Waals surface area contributed by atoms with E-state index < -0.39 is 0 Å². The predicted molar refractivity (Wildman–Crippen MR) is 63.3 cm³/mol. The average Bonchev–Trinajstić information content (AvgIpc) is 2.73. The molecule has 6 heteroatoms. The highest BCUT2D eigenvalue weighted by Crippen LogP contribution is 2.20. The third-order valence-corrected chi connectivity index (χ3v) is 3.03. The van der Waals surface area contributed by atoms with Crippen LogP contribution in [0.5, 0.6) is 0 Å². The molecule has 1 saturated heterocycles. The summed E-state index contributed by atoms with van der Waals surface area (Å²) in [5.74, 6) is -0.523. The van der Waals surface area contributed by atoms with E-state index in [2.05, 4.69) is 5.16 Å². The molecule has 1 atom stereocenters. The van der Waals surface area contributed by atoms with E-state index >= 15 is 0 Å². The number of rotatable bonds is 3. The zero-order valence-electron chi connectivity index (χ0n) is 9.71. The summed E-state index contributed by atoms with van der Waals surface area (Å²) >= 11 is 0. The van der Waals surface area contributed by atoms with Crippen molar-refractivity contribution in [2.45, 2.75) is 13.0 Å². The van der Waals surface area contributed by atoms with Crippen molar-refractivity contribution in [2.75, 3.05) is 6.54 Å². The maximum absolute atomic E-state index is 12.8. The van der Waals surface area contributed by atoms with Gasteiger partial charge in [-0.3, -0.25) is 4.79 Å². The van der Waals surface area contributed by atoms with Crippen LogP contribution in [0, 0.1) is 11.7 Å². The number of carbonyl (C=O) groups is 1. The molecule has 0 aromatic heterocycles. The van der Waals surface area contributed by atoms with Crippen LogP contribution in [0.15, 0.2) is 29.4 Å². The van der Waals surface area contributed by atoms with E-state index in [0.717, 1.165) is 5.56 Å². The Morgan fingerprint density at radius 1 is 1.50 bits per heavy atom. The van der Waals surface area contributed by atoms with E-state index in [-0.39, 0.29) is 29.9 Å². The van der Waals surface area contributed by atoms with Crippen LogP contribution in [0.3, 0.4) is 0 Å². The number of hydrogen-bond donors (Lipinski definition) is 2. The number of amides is 1. The lowest BCUT2D eigenvalue weighted by molar-refractivity contribution is -0.128. The van der Waals surface area contributed by atoms with Gasteiger partial charge in [-0.05, 0) is 17.7 Å². The van der Waals surface area contributed by atoms with E-state index in [4.69, 9.17) is 10.9 Å². The summed E-state index contributed by atoms with van der Waals surface area (Å²) in [7, 11) is 0. The Labute approximate surface area is 104 Å². The molecule has 18 heavy (non-hydrogen) atoms. The minimum atomic E-state index is -0.305. The van der Waals surface area contributed by atoms with Crippen molar-refractivity contribution >= 4 is 11.7 Å². The van der Waals surface area contributed by atoms with Gasteiger partial charge < -0.3 is 15.8 Å². The second-order valence-electron chi connectivity index (χ2n) is 4.33. The molecule has 96 valence electrons. The first-order chi connectivity index (χ1) is 8.60. The number of nitrogens with two attached hydrogens (primary N) is 1. The zero-order chi connectivity index (χ0) is 13.1. The number of halogens is 1. The van der Waals surface area contributed by atoms with Crippen LogP contribution >= 0.6 is 0 Å². The largest absolute Gasteiger partial charge is 0.409 e. The molecule has 1 heterocycles. The smallest absolute Gasteiger partial charge is 0.223 e. The molecule has 0 bridgehead atoms. The first-order valence-corrected chi connectivity index (χ1v) is 5.60. The second-order valence-corrected chi connectivity index (χ2v) is 4.33. The number of oxime groups is 1. The highest BCUT2D eigenvalue weighted by atomic mass is 19.1. The van der Waals surface area contributed by atoms with Crippen LogP contribution in [0.4, 0.5) is 4.39 Å². The van der Waals surface area contributed by atoms with Crippen LogP contribution in [-0.4, -0.2) is 28.4 Å².